The van der Waals surface area contributed by atoms with Gasteiger partial charge in [0.1, 0.15) is 11.8 Å². The first kappa shape index (κ1) is 21.9. The van der Waals surface area contributed by atoms with Crippen molar-refractivity contribution in [3.05, 3.63) is 59.2 Å². The maximum atomic E-state index is 12.7. The van der Waals surface area contributed by atoms with E-state index in [0.29, 0.717) is 17.7 Å². The second-order valence-corrected chi connectivity index (χ2v) is 7.76. The van der Waals surface area contributed by atoms with Crippen molar-refractivity contribution in [1.82, 2.24) is 9.80 Å². The summed E-state index contributed by atoms with van der Waals surface area (Å²) in [6.45, 7) is 0.323. The summed E-state index contributed by atoms with van der Waals surface area (Å²) < 4.78 is 10.4. The van der Waals surface area contributed by atoms with Crippen LogP contribution < -0.4 is 4.74 Å². The van der Waals surface area contributed by atoms with Crippen LogP contribution in [0.1, 0.15) is 26.3 Å². The number of carbonyl (C=O) groups excluding carboxylic acids is 3. The van der Waals surface area contributed by atoms with E-state index in [1.165, 1.54) is 7.11 Å². The van der Waals surface area contributed by atoms with E-state index < -0.39 is 23.8 Å². The number of thioether (sulfide) groups is 1. The fourth-order valence-corrected chi connectivity index (χ4v) is 4.03. The molecule has 0 fully saturated rings. The molecule has 0 saturated carbocycles. The van der Waals surface area contributed by atoms with Gasteiger partial charge in [0.25, 0.3) is 11.8 Å². The number of amides is 2. The largest absolute Gasteiger partial charge is 0.496 e. The van der Waals surface area contributed by atoms with Crippen molar-refractivity contribution in [1.29, 1.82) is 0 Å². The van der Waals surface area contributed by atoms with Gasteiger partial charge in [0, 0.05) is 11.4 Å². The minimum atomic E-state index is -0.802. The summed E-state index contributed by atoms with van der Waals surface area (Å²) in [7, 11) is 4.67. The molecule has 1 aliphatic heterocycles. The number of likely N-dealkylation sites (N-methyl/N-ethyl adjacent to an activating group) is 1. The highest BCUT2D eigenvalue weighted by molar-refractivity contribution is 7.98. The van der Waals surface area contributed by atoms with Crippen molar-refractivity contribution >= 4 is 29.5 Å². The number of benzene rings is 2. The number of carbonyl (C=O) groups is 3. The first-order chi connectivity index (χ1) is 14.4. The van der Waals surface area contributed by atoms with Gasteiger partial charge < -0.3 is 9.47 Å². The Morgan fingerprint density at radius 1 is 1.10 bits per heavy atom. The molecule has 0 aromatic heterocycles. The van der Waals surface area contributed by atoms with Gasteiger partial charge in [-0.3, -0.25) is 24.2 Å². The van der Waals surface area contributed by atoms with Crippen LogP contribution in [0.15, 0.2) is 47.4 Å². The number of hydrogen-bond donors (Lipinski definition) is 0. The van der Waals surface area contributed by atoms with E-state index in [0.717, 1.165) is 21.1 Å². The maximum Gasteiger partial charge on any atom is 0.324 e. The number of fused-ring (bicyclic) bond motifs is 1. The summed E-state index contributed by atoms with van der Waals surface area (Å²) in [5, 5.41) is 0. The number of hydrogen-bond acceptors (Lipinski definition) is 7. The van der Waals surface area contributed by atoms with Crippen LogP contribution in [0.4, 0.5) is 0 Å². The van der Waals surface area contributed by atoms with Crippen molar-refractivity contribution in [3.8, 4) is 5.75 Å². The van der Waals surface area contributed by atoms with Gasteiger partial charge in [0.2, 0.25) is 0 Å². The number of nitrogens with zero attached hydrogens (tertiary/aromatic N) is 2. The van der Waals surface area contributed by atoms with Gasteiger partial charge in [-0.2, -0.15) is 0 Å². The molecule has 0 bridgehead atoms. The molecule has 1 aliphatic rings. The van der Waals surface area contributed by atoms with Gasteiger partial charge >= 0.3 is 5.97 Å². The molecular weight excluding hydrogens is 404 g/mol. The molecule has 7 nitrogen and oxygen atoms in total. The highest BCUT2D eigenvalue weighted by atomic mass is 32.2. The van der Waals surface area contributed by atoms with E-state index >= 15 is 0 Å². The average molecular weight is 429 g/mol. The predicted octanol–water partition coefficient (Wildman–Crippen LogP) is 2.69. The summed E-state index contributed by atoms with van der Waals surface area (Å²) in [4.78, 5) is 41.8. The van der Waals surface area contributed by atoms with E-state index in [1.807, 2.05) is 24.5 Å². The van der Waals surface area contributed by atoms with Crippen LogP contribution in [0, 0.1) is 0 Å². The maximum absolute atomic E-state index is 12.7. The summed E-state index contributed by atoms with van der Waals surface area (Å²) >= 11 is 1.58. The Bertz CT molecular complexity index is 943. The minimum Gasteiger partial charge on any atom is -0.496 e. The molecule has 2 aromatic rings. The molecule has 2 amide bonds. The molecule has 3 rings (SSSR count). The molecule has 8 heteroatoms. The lowest BCUT2D eigenvalue weighted by Gasteiger charge is -2.29. The van der Waals surface area contributed by atoms with Crippen LogP contribution >= 0.6 is 11.8 Å². The first-order valence-corrected chi connectivity index (χ1v) is 10.6. The zero-order valence-electron chi connectivity index (χ0n) is 17.4. The van der Waals surface area contributed by atoms with Gasteiger partial charge in [0.05, 0.1) is 31.9 Å². The van der Waals surface area contributed by atoms with Crippen LogP contribution in [-0.2, 0) is 16.1 Å². The van der Waals surface area contributed by atoms with E-state index in [9.17, 15) is 14.4 Å². The van der Waals surface area contributed by atoms with Gasteiger partial charge in [-0.05, 0) is 43.1 Å². The smallest absolute Gasteiger partial charge is 0.324 e. The third-order valence-corrected chi connectivity index (χ3v) is 5.90. The zero-order valence-corrected chi connectivity index (χ0v) is 18.2. The van der Waals surface area contributed by atoms with Crippen LogP contribution in [-0.4, -0.2) is 67.7 Å². The highest BCUT2D eigenvalue weighted by Crippen LogP contribution is 2.29. The summed E-state index contributed by atoms with van der Waals surface area (Å²) in [5.74, 6) is -0.557. The quantitative estimate of drug-likeness (QED) is 0.363. The second-order valence-electron chi connectivity index (χ2n) is 6.91. The SMILES string of the molecule is COC(=O)[C@H](CN1C(=O)c2ccccc2C1=O)N(C)Cc1ccc(SC)c(OC)c1. The highest BCUT2D eigenvalue weighted by Gasteiger charge is 2.39. The average Bonchev–Trinajstić information content (AvgIpc) is 3.01. The molecule has 0 N–H and O–H groups in total. The van der Waals surface area contributed by atoms with Gasteiger partial charge in [-0.25, -0.2) is 0 Å². The molecular formula is C22H24N2O5S. The number of esters is 1. The van der Waals surface area contributed by atoms with E-state index in [1.54, 1.807) is 55.1 Å². The Hall–Kier alpha value is -2.84. The van der Waals surface area contributed by atoms with Crippen LogP contribution in [0.25, 0.3) is 0 Å². The standard InChI is InChI=1S/C22H24N2O5S/c1-23(12-14-9-10-19(30-4)18(11-14)28-2)17(22(27)29-3)13-24-20(25)15-7-5-6-8-16(15)21(24)26/h5-11,17H,12-13H2,1-4H3/t17-/m0/s1. The third-order valence-electron chi connectivity index (χ3n) is 5.12. The third kappa shape index (κ3) is 4.20. The van der Waals surface area contributed by atoms with Crippen molar-refractivity contribution in [2.45, 2.75) is 17.5 Å². The number of rotatable bonds is 8. The van der Waals surface area contributed by atoms with Crippen molar-refractivity contribution < 1.29 is 23.9 Å². The molecule has 1 atom stereocenters. The van der Waals surface area contributed by atoms with Gasteiger partial charge in [-0.15, -0.1) is 11.8 Å². The van der Waals surface area contributed by atoms with E-state index in [-0.39, 0.29) is 6.54 Å². The molecule has 0 aliphatic carbocycles. The van der Waals surface area contributed by atoms with Gasteiger partial charge in [-0.1, -0.05) is 18.2 Å². The van der Waals surface area contributed by atoms with Crippen molar-refractivity contribution in [2.75, 3.05) is 34.1 Å². The molecule has 1 heterocycles. The molecule has 0 saturated heterocycles. The molecule has 30 heavy (non-hydrogen) atoms. The molecule has 0 radical (unpaired) electrons. The Kier molecular flexibility index (Phi) is 6.79. The fraction of sp³-hybridized carbons (Fsp3) is 0.318. The zero-order chi connectivity index (χ0) is 21.8. The van der Waals surface area contributed by atoms with Crippen molar-refractivity contribution in [2.24, 2.45) is 0 Å². The predicted molar refractivity (Wildman–Crippen MR) is 114 cm³/mol. The topological polar surface area (TPSA) is 76.2 Å². The van der Waals surface area contributed by atoms with Gasteiger partial charge in [0.15, 0.2) is 0 Å². The summed E-state index contributed by atoms with van der Waals surface area (Å²) in [6, 6.07) is 11.7. The van der Waals surface area contributed by atoms with E-state index in [4.69, 9.17) is 9.47 Å². The number of ether oxygens (including phenoxy) is 2. The summed E-state index contributed by atoms with van der Waals surface area (Å²) in [5.41, 5.74) is 1.64. The molecule has 0 spiro atoms. The molecule has 158 valence electrons. The lowest BCUT2D eigenvalue weighted by atomic mass is 10.1. The number of imide groups is 1. The normalized spacial score (nSPS) is 14.1. The monoisotopic (exact) mass is 428 g/mol. The van der Waals surface area contributed by atoms with Crippen molar-refractivity contribution in [3.63, 3.8) is 0 Å². The van der Waals surface area contributed by atoms with Crippen LogP contribution in [0.5, 0.6) is 5.75 Å². The molecule has 0 unspecified atom stereocenters. The lowest BCUT2D eigenvalue weighted by molar-refractivity contribution is -0.146. The second kappa shape index (κ2) is 9.32. The van der Waals surface area contributed by atoms with Crippen LogP contribution in [0.3, 0.4) is 0 Å². The van der Waals surface area contributed by atoms with E-state index in [2.05, 4.69) is 0 Å². The Morgan fingerprint density at radius 2 is 1.73 bits per heavy atom. The molecule has 2 aromatic carbocycles. The first-order valence-electron chi connectivity index (χ1n) is 9.35. The minimum absolute atomic E-state index is 0.0877. The lowest BCUT2D eigenvalue weighted by Crippen LogP contribution is -2.48. The van der Waals surface area contributed by atoms with Crippen LogP contribution in [0.2, 0.25) is 0 Å². The summed E-state index contributed by atoms with van der Waals surface area (Å²) in [6.07, 6.45) is 1.97. The fourth-order valence-electron chi connectivity index (χ4n) is 3.48. The number of methoxy groups -OCH3 is 2. The Labute approximate surface area is 179 Å². The Balaban J connectivity index is 1.81. The Morgan fingerprint density at radius 3 is 2.27 bits per heavy atom.